The Kier molecular flexibility index (Phi) is 8.69. The van der Waals surface area contributed by atoms with E-state index >= 15 is 0 Å². The van der Waals surface area contributed by atoms with Crippen molar-refractivity contribution in [3.8, 4) is 11.4 Å². The van der Waals surface area contributed by atoms with E-state index in [1.54, 1.807) is 17.0 Å². The first-order chi connectivity index (χ1) is 27.3. The molecule has 0 spiro atoms. The zero-order chi connectivity index (χ0) is 37.9. The summed E-state index contributed by atoms with van der Waals surface area (Å²) in [5, 5.41) is 2.38. The lowest BCUT2D eigenvalue weighted by molar-refractivity contribution is -0.136. The molecule has 5 aromatic rings. The number of pyridine rings is 2. The van der Waals surface area contributed by atoms with Crippen LogP contribution >= 0.6 is 0 Å². The highest BCUT2D eigenvalue weighted by atomic mass is 19.1. The Hall–Kier alpha value is -5.82. The minimum Gasteiger partial charge on any atom is -0.371 e. The topological polar surface area (TPSA) is 110 Å². The summed E-state index contributed by atoms with van der Waals surface area (Å²) in [6.45, 7) is 8.06. The number of aromatic nitrogens is 3. The number of amides is 3. The number of fused-ring (bicyclic) bond motifs is 2. The van der Waals surface area contributed by atoms with Gasteiger partial charge in [0.2, 0.25) is 11.8 Å². The van der Waals surface area contributed by atoms with Gasteiger partial charge in [-0.25, -0.2) is 14.4 Å². The monoisotopic (exact) mass is 753 g/mol. The van der Waals surface area contributed by atoms with E-state index in [4.69, 9.17) is 9.97 Å². The van der Waals surface area contributed by atoms with E-state index in [2.05, 4.69) is 71.9 Å². The number of benzene rings is 2. The second-order valence-electron chi connectivity index (χ2n) is 15.8. The first-order valence-corrected chi connectivity index (χ1v) is 19.8. The van der Waals surface area contributed by atoms with E-state index in [1.807, 2.05) is 24.4 Å². The molecule has 1 unspecified atom stereocenters. The standard InChI is InChI=1S/C43H44FN9O3/c44-31-5-1-4-29(20-31)36-7-3-15-51(36)33-10-13-39-45-22-38(52(39)27-33)35-6-2-8-40(46-35)49-18-16-48(17-19-49)23-28-24-50(25-28)32-9-11-34-30(21-32)26-53(43(34)56)37-12-14-41(54)47-42(37)55/h1-2,4-6,8-11,13,20-22,27-28,36-37H,3,7,12,14-19,23-26H2,(H,47,54,55)/t36-,37?/m1/s1. The normalized spacial score (nSPS) is 21.9. The lowest BCUT2D eigenvalue weighted by Gasteiger charge is -2.45. The van der Waals surface area contributed by atoms with E-state index in [0.29, 0.717) is 24.4 Å². The number of nitrogens with one attached hydrogen (secondary N) is 1. The number of piperazine rings is 1. The van der Waals surface area contributed by atoms with Gasteiger partial charge in [0.05, 0.1) is 29.3 Å². The number of hydrogen-bond acceptors (Lipinski definition) is 9. The first-order valence-electron chi connectivity index (χ1n) is 19.8. The van der Waals surface area contributed by atoms with Crippen LogP contribution in [0.1, 0.15) is 53.2 Å². The fourth-order valence-corrected chi connectivity index (χ4v) is 9.39. The lowest BCUT2D eigenvalue weighted by atomic mass is 9.97. The smallest absolute Gasteiger partial charge is 0.255 e. The van der Waals surface area contributed by atoms with Crippen LogP contribution < -0.4 is 20.0 Å². The van der Waals surface area contributed by atoms with E-state index in [0.717, 1.165) is 111 Å². The van der Waals surface area contributed by atoms with Crippen LogP contribution in [-0.2, 0) is 16.1 Å². The Morgan fingerprint density at radius 2 is 1.64 bits per heavy atom. The molecule has 0 bridgehead atoms. The van der Waals surface area contributed by atoms with Crippen LogP contribution in [0.4, 0.5) is 21.6 Å². The molecule has 4 fully saturated rings. The van der Waals surface area contributed by atoms with Crippen LogP contribution in [0.15, 0.2) is 85.2 Å². The Morgan fingerprint density at radius 3 is 2.48 bits per heavy atom. The number of imide groups is 1. The van der Waals surface area contributed by atoms with Crippen molar-refractivity contribution in [3.05, 3.63) is 108 Å². The molecule has 2 atom stereocenters. The molecule has 13 heteroatoms. The van der Waals surface area contributed by atoms with Crippen molar-refractivity contribution in [2.45, 2.75) is 44.3 Å². The molecule has 3 amide bonds. The van der Waals surface area contributed by atoms with E-state index in [-0.39, 0.29) is 36.0 Å². The van der Waals surface area contributed by atoms with Gasteiger partial charge in [0.25, 0.3) is 5.91 Å². The minimum atomic E-state index is -0.597. The number of hydrogen-bond donors (Lipinski definition) is 1. The minimum absolute atomic E-state index is 0.136. The van der Waals surface area contributed by atoms with Crippen LogP contribution in [0.2, 0.25) is 0 Å². The summed E-state index contributed by atoms with van der Waals surface area (Å²) < 4.78 is 16.2. The number of carbonyl (C=O) groups is 3. The van der Waals surface area contributed by atoms with Crippen molar-refractivity contribution in [2.75, 3.05) is 67.1 Å². The fourth-order valence-electron chi connectivity index (χ4n) is 9.39. The predicted molar refractivity (Wildman–Crippen MR) is 211 cm³/mol. The van der Waals surface area contributed by atoms with Gasteiger partial charge in [-0.3, -0.25) is 29.0 Å². The molecule has 56 heavy (non-hydrogen) atoms. The average molecular weight is 754 g/mol. The molecular weight excluding hydrogens is 710 g/mol. The van der Waals surface area contributed by atoms with Gasteiger partial charge in [-0.1, -0.05) is 18.2 Å². The molecule has 0 radical (unpaired) electrons. The van der Waals surface area contributed by atoms with Crippen molar-refractivity contribution < 1.29 is 18.8 Å². The van der Waals surface area contributed by atoms with Crippen molar-refractivity contribution in [1.82, 2.24) is 29.5 Å². The van der Waals surface area contributed by atoms with Gasteiger partial charge in [0.15, 0.2) is 0 Å². The Bertz CT molecular complexity index is 2350. The third kappa shape index (κ3) is 6.33. The number of piperidine rings is 1. The van der Waals surface area contributed by atoms with Gasteiger partial charge >= 0.3 is 0 Å². The Morgan fingerprint density at radius 1 is 0.804 bits per heavy atom. The van der Waals surface area contributed by atoms with Crippen LogP contribution in [0.5, 0.6) is 0 Å². The molecule has 3 aromatic heterocycles. The highest BCUT2D eigenvalue weighted by Crippen LogP contribution is 2.37. The van der Waals surface area contributed by atoms with E-state index < -0.39 is 6.04 Å². The van der Waals surface area contributed by atoms with E-state index in [1.165, 1.54) is 6.07 Å². The molecule has 2 aromatic carbocycles. The summed E-state index contributed by atoms with van der Waals surface area (Å²) in [5.74, 6) is 0.552. The van der Waals surface area contributed by atoms with Gasteiger partial charge in [0.1, 0.15) is 23.3 Å². The Balaban J connectivity index is 0.749. The molecule has 0 aliphatic carbocycles. The van der Waals surface area contributed by atoms with Gasteiger partial charge in [-0.05, 0) is 85.0 Å². The molecule has 8 heterocycles. The van der Waals surface area contributed by atoms with Gasteiger partial charge in [-0.15, -0.1) is 0 Å². The summed E-state index contributed by atoms with van der Waals surface area (Å²) >= 11 is 0. The van der Waals surface area contributed by atoms with Crippen molar-refractivity contribution in [3.63, 3.8) is 0 Å². The molecule has 12 nitrogen and oxygen atoms in total. The number of imidazole rings is 1. The maximum absolute atomic E-state index is 14.1. The molecule has 0 saturated carbocycles. The molecule has 286 valence electrons. The highest BCUT2D eigenvalue weighted by Gasteiger charge is 2.40. The summed E-state index contributed by atoms with van der Waals surface area (Å²) in [4.78, 5) is 58.3. The first kappa shape index (κ1) is 34.7. The number of rotatable bonds is 8. The average Bonchev–Trinajstić information content (AvgIpc) is 3.94. The number of nitrogens with zero attached hydrogens (tertiary/aromatic N) is 8. The lowest BCUT2D eigenvalue weighted by Crippen LogP contribution is -2.55. The quantitative estimate of drug-likeness (QED) is 0.222. The number of anilines is 3. The summed E-state index contributed by atoms with van der Waals surface area (Å²) in [6.07, 6.45) is 6.71. The molecule has 4 saturated heterocycles. The predicted octanol–water partition coefficient (Wildman–Crippen LogP) is 4.90. The van der Waals surface area contributed by atoms with E-state index in [9.17, 15) is 18.8 Å². The third-order valence-corrected chi connectivity index (χ3v) is 12.3. The fraction of sp³-hybridized carbons (Fsp3) is 0.372. The molecule has 10 rings (SSSR count). The van der Waals surface area contributed by atoms with Gasteiger partial charge in [0, 0.05) is 88.7 Å². The highest BCUT2D eigenvalue weighted by molar-refractivity contribution is 6.05. The number of halogens is 1. The van der Waals surface area contributed by atoms with Crippen molar-refractivity contribution in [2.24, 2.45) is 5.92 Å². The Labute approximate surface area is 324 Å². The largest absolute Gasteiger partial charge is 0.371 e. The van der Waals surface area contributed by atoms with Gasteiger partial charge < -0.3 is 19.6 Å². The van der Waals surface area contributed by atoms with Crippen molar-refractivity contribution in [1.29, 1.82) is 0 Å². The third-order valence-electron chi connectivity index (χ3n) is 12.3. The summed E-state index contributed by atoms with van der Waals surface area (Å²) in [6, 6.07) is 22.9. The van der Waals surface area contributed by atoms with Crippen LogP contribution in [-0.4, -0.2) is 100 Å². The summed E-state index contributed by atoms with van der Waals surface area (Å²) in [5.41, 5.74) is 7.49. The second kappa shape index (κ2) is 14.0. The summed E-state index contributed by atoms with van der Waals surface area (Å²) in [7, 11) is 0. The molecule has 1 N–H and O–H groups in total. The van der Waals surface area contributed by atoms with Crippen LogP contribution in [0.25, 0.3) is 17.0 Å². The SMILES string of the molecule is O=C1CCC(N2Cc3cc(N4CC(CN5CCN(c6cccc(-c7cnc8ccc(N9CCC[C@@H]9c9cccc(F)c9)cn78)n6)CC5)C4)ccc3C2=O)C(=O)N1. The molecule has 5 aliphatic heterocycles. The zero-order valence-corrected chi connectivity index (χ0v) is 31.2. The maximum atomic E-state index is 14.1. The van der Waals surface area contributed by atoms with Gasteiger partial charge in [-0.2, -0.15) is 0 Å². The van der Waals surface area contributed by atoms with Crippen molar-refractivity contribution >= 4 is 40.6 Å². The van der Waals surface area contributed by atoms with Crippen LogP contribution in [0.3, 0.4) is 0 Å². The second-order valence-corrected chi connectivity index (χ2v) is 15.8. The molecular formula is C43H44FN9O3. The van der Waals surface area contributed by atoms with Crippen LogP contribution in [0, 0.1) is 11.7 Å². The number of carbonyl (C=O) groups excluding carboxylic acids is 3. The molecule has 5 aliphatic rings. The maximum Gasteiger partial charge on any atom is 0.255 e. The zero-order valence-electron chi connectivity index (χ0n) is 31.2.